The van der Waals surface area contributed by atoms with Gasteiger partial charge in [-0.25, -0.2) is 0 Å². The van der Waals surface area contributed by atoms with Crippen LogP contribution in [0.25, 0.3) is 12.2 Å². The average molecular weight is 348 g/mol. The second-order valence-corrected chi connectivity index (χ2v) is 5.57. The van der Waals surface area contributed by atoms with Crippen LogP contribution in [-0.2, 0) is 0 Å². The second-order valence-electron chi connectivity index (χ2n) is 5.57. The minimum absolute atomic E-state index is 0.104. The fourth-order valence-electron chi connectivity index (χ4n) is 2.67. The number of nitrogens with one attached hydrogen (secondary N) is 1. The number of fused-ring (bicyclic) bond motifs is 2. The van der Waals surface area contributed by atoms with Crippen molar-refractivity contribution in [3.8, 4) is 11.5 Å². The van der Waals surface area contributed by atoms with E-state index in [0.717, 1.165) is 5.56 Å². The van der Waals surface area contributed by atoms with Crippen molar-refractivity contribution >= 4 is 29.4 Å². The van der Waals surface area contributed by atoms with Gasteiger partial charge < -0.3 is 14.5 Å². The molecule has 2 heterocycles. The van der Waals surface area contributed by atoms with E-state index in [1.165, 1.54) is 24.5 Å². The fourth-order valence-corrected chi connectivity index (χ4v) is 2.67. The third-order valence-electron chi connectivity index (χ3n) is 3.90. The molecule has 0 radical (unpaired) electrons. The van der Waals surface area contributed by atoms with Gasteiger partial charge in [0.05, 0.1) is 22.9 Å². The van der Waals surface area contributed by atoms with Crippen LogP contribution in [0.1, 0.15) is 21.7 Å². The van der Waals surface area contributed by atoms with Gasteiger partial charge in [-0.15, -0.1) is 0 Å². The number of furan rings is 1. The number of nitro benzene ring substituents is 1. The molecule has 1 aliphatic heterocycles. The molecule has 7 nitrogen and oxygen atoms in total. The number of non-ortho nitro benzene ring substituents is 1. The first-order valence-electron chi connectivity index (χ1n) is 7.74. The van der Waals surface area contributed by atoms with Crippen molar-refractivity contribution in [2.45, 2.75) is 0 Å². The van der Waals surface area contributed by atoms with Crippen LogP contribution in [0.15, 0.2) is 59.2 Å². The highest BCUT2D eigenvalue weighted by Gasteiger charge is 2.21. The first kappa shape index (κ1) is 15.6. The van der Waals surface area contributed by atoms with Crippen molar-refractivity contribution in [1.29, 1.82) is 0 Å². The quantitative estimate of drug-likeness (QED) is 0.427. The highest BCUT2D eigenvalue weighted by molar-refractivity contribution is 6.04. The standard InChI is InChI=1S/C19H12N2O5/c22-19(17-6-3-9-25-17)20-15-10-13(21(23)24)11-18-14(15)8-7-12-4-1-2-5-16(12)26-18/h1-11H,(H,20,22). The molecule has 1 amide bonds. The van der Waals surface area contributed by atoms with Crippen LogP contribution < -0.4 is 10.1 Å². The molecule has 4 rings (SSSR count). The Labute approximate surface area is 147 Å². The molecule has 0 fully saturated rings. The van der Waals surface area contributed by atoms with Gasteiger partial charge in [0.15, 0.2) is 5.76 Å². The molecule has 2 aromatic carbocycles. The molecule has 128 valence electrons. The summed E-state index contributed by atoms with van der Waals surface area (Å²) in [5.74, 6) is 0.460. The zero-order valence-corrected chi connectivity index (χ0v) is 13.3. The second kappa shape index (κ2) is 6.21. The monoisotopic (exact) mass is 348 g/mol. The van der Waals surface area contributed by atoms with Gasteiger partial charge in [-0.1, -0.05) is 24.3 Å². The maximum atomic E-state index is 12.3. The first-order chi connectivity index (χ1) is 12.6. The van der Waals surface area contributed by atoms with Crippen LogP contribution in [0.4, 0.5) is 11.4 Å². The van der Waals surface area contributed by atoms with Gasteiger partial charge in [-0.05, 0) is 24.3 Å². The van der Waals surface area contributed by atoms with Gasteiger partial charge in [0.2, 0.25) is 0 Å². The van der Waals surface area contributed by atoms with E-state index in [0.29, 0.717) is 11.3 Å². The summed E-state index contributed by atoms with van der Waals surface area (Å²) in [5, 5.41) is 13.9. The molecule has 3 aromatic rings. The fraction of sp³-hybridized carbons (Fsp3) is 0. The topological polar surface area (TPSA) is 94.6 Å². The van der Waals surface area contributed by atoms with Crippen LogP contribution in [-0.4, -0.2) is 10.8 Å². The van der Waals surface area contributed by atoms with Gasteiger partial charge in [0.25, 0.3) is 11.6 Å². The predicted molar refractivity (Wildman–Crippen MR) is 95.2 cm³/mol. The number of para-hydroxylation sites is 1. The lowest BCUT2D eigenvalue weighted by Crippen LogP contribution is -2.12. The van der Waals surface area contributed by atoms with Crippen molar-refractivity contribution in [1.82, 2.24) is 0 Å². The van der Waals surface area contributed by atoms with E-state index in [-0.39, 0.29) is 22.9 Å². The zero-order valence-electron chi connectivity index (χ0n) is 13.3. The summed E-state index contributed by atoms with van der Waals surface area (Å²) >= 11 is 0. The number of nitrogens with zero attached hydrogens (tertiary/aromatic N) is 1. The van der Waals surface area contributed by atoms with Crippen LogP contribution in [0, 0.1) is 10.1 Å². The number of carbonyl (C=O) groups is 1. The van der Waals surface area contributed by atoms with Crippen molar-refractivity contribution in [2.75, 3.05) is 5.32 Å². The Morgan fingerprint density at radius 3 is 2.65 bits per heavy atom. The summed E-state index contributed by atoms with van der Waals surface area (Å²) in [7, 11) is 0. The number of anilines is 1. The number of amides is 1. The lowest BCUT2D eigenvalue weighted by Gasteiger charge is -2.12. The maximum Gasteiger partial charge on any atom is 0.291 e. The minimum atomic E-state index is -0.535. The number of ether oxygens (including phenoxy) is 1. The molecule has 0 unspecified atom stereocenters. The lowest BCUT2D eigenvalue weighted by molar-refractivity contribution is -0.384. The summed E-state index contributed by atoms with van der Waals surface area (Å²) in [5.41, 5.74) is 1.44. The number of hydrogen-bond acceptors (Lipinski definition) is 5. The molecular formula is C19H12N2O5. The van der Waals surface area contributed by atoms with Crippen molar-refractivity contribution in [3.05, 3.63) is 81.8 Å². The van der Waals surface area contributed by atoms with E-state index in [2.05, 4.69) is 5.32 Å². The van der Waals surface area contributed by atoms with E-state index < -0.39 is 10.8 Å². The first-order valence-corrected chi connectivity index (χ1v) is 7.74. The Bertz CT molecular complexity index is 1040. The van der Waals surface area contributed by atoms with Gasteiger partial charge in [0.1, 0.15) is 11.5 Å². The van der Waals surface area contributed by atoms with E-state index in [4.69, 9.17) is 9.15 Å². The number of nitro groups is 1. The number of hydrogen-bond donors (Lipinski definition) is 1. The number of carbonyl (C=O) groups excluding carboxylic acids is 1. The van der Waals surface area contributed by atoms with E-state index in [9.17, 15) is 14.9 Å². The SMILES string of the molecule is O=C(Nc1cc([N+](=O)[O-])cc2c1C=Cc1ccccc1O2)c1ccco1. The summed E-state index contributed by atoms with van der Waals surface area (Å²) < 4.78 is 10.9. The molecular weight excluding hydrogens is 336 g/mol. The van der Waals surface area contributed by atoms with Gasteiger partial charge in [-0.2, -0.15) is 0 Å². The Kier molecular flexibility index (Phi) is 3.74. The van der Waals surface area contributed by atoms with E-state index in [1.807, 2.05) is 24.3 Å². The van der Waals surface area contributed by atoms with E-state index in [1.54, 1.807) is 18.2 Å². The molecule has 0 spiro atoms. The molecule has 0 bridgehead atoms. The highest BCUT2D eigenvalue weighted by atomic mass is 16.6. The summed E-state index contributed by atoms with van der Waals surface area (Å²) in [4.78, 5) is 23.1. The summed E-state index contributed by atoms with van der Waals surface area (Å²) in [6.07, 6.45) is 4.96. The Balaban J connectivity index is 1.81. The number of benzene rings is 2. The third kappa shape index (κ3) is 2.82. The number of rotatable bonds is 3. The molecule has 1 aromatic heterocycles. The molecule has 0 atom stereocenters. The Hall–Kier alpha value is -3.87. The van der Waals surface area contributed by atoms with Crippen molar-refractivity contribution in [2.24, 2.45) is 0 Å². The lowest BCUT2D eigenvalue weighted by atomic mass is 10.1. The largest absolute Gasteiger partial charge is 0.459 e. The zero-order chi connectivity index (χ0) is 18.1. The molecule has 7 heteroatoms. The smallest absolute Gasteiger partial charge is 0.291 e. The van der Waals surface area contributed by atoms with Crippen LogP contribution in [0.3, 0.4) is 0 Å². The van der Waals surface area contributed by atoms with Gasteiger partial charge >= 0.3 is 0 Å². The summed E-state index contributed by atoms with van der Waals surface area (Å²) in [6, 6.07) is 13.0. The Morgan fingerprint density at radius 1 is 1.04 bits per heavy atom. The maximum absolute atomic E-state index is 12.3. The van der Waals surface area contributed by atoms with Gasteiger partial charge in [0, 0.05) is 17.2 Å². The predicted octanol–water partition coefficient (Wildman–Crippen LogP) is 4.72. The molecule has 1 aliphatic rings. The third-order valence-corrected chi connectivity index (χ3v) is 3.90. The Morgan fingerprint density at radius 2 is 1.88 bits per heavy atom. The van der Waals surface area contributed by atoms with Gasteiger partial charge in [-0.3, -0.25) is 14.9 Å². The molecule has 1 N–H and O–H groups in total. The molecule has 0 saturated heterocycles. The minimum Gasteiger partial charge on any atom is -0.459 e. The molecule has 26 heavy (non-hydrogen) atoms. The van der Waals surface area contributed by atoms with Crippen molar-refractivity contribution < 1.29 is 18.9 Å². The van der Waals surface area contributed by atoms with E-state index >= 15 is 0 Å². The van der Waals surface area contributed by atoms with Crippen LogP contribution >= 0.6 is 0 Å². The molecule has 0 saturated carbocycles. The van der Waals surface area contributed by atoms with Crippen LogP contribution in [0.5, 0.6) is 11.5 Å². The highest BCUT2D eigenvalue weighted by Crippen LogP contribution is 2.40. The molecule has 0 aliphatic carbocycles. The summed E-state index contributed by atoms with van der Waals surface area (Å²) in [6.45, 7) is 0. The van der Waals surface area contributed by atoms with Crippen LogP contribution in [0.2, 0.25) is 0 Å². The van der Waals surface area contributed by atoms with Crippen molar-refractivity contribution in [3.63, 3.8) is 0 Å². The normalized spacial score (nSPS) is 11.7. The average Bonchev–Trinajstić information content (AvgIpc) is 3.10.